The number of carbonyl (C=O) groups is 1. The van der Waals surface area contributed by atoms with Gasteiger partial charge in [0.15, 0.2) is 5.17 Å². The Morgan fingerprint density at radius 3 is 2.73 bits per heavy atom. The third kappa shape index (κ3) is 4.24. The Balaban J connectivity index is 1.37. The SMILES string of the molecule is CC1=CN2C(=N)C(=Cc3cn(CCCOc4ccc(C)cc4)c4ccccc34)C(=O)N=C2S1. The van der Waals surface area contributed by atoms with Crippen molar-refractivity contribution in [1.29, 1.82) is 5.41 Å². The van der Waals surface area contributed by atoms with Gasteiger partial charge in [-0.25, -0.2) is 0 Å². The molecule has 2 aromatic carbocycles. The number of aromatic nitrogens is 1. The molecule has 33 heavy (non-hydrogen) atoms. The van der Waals surface area contributed by atoms with E-state index < -0.39 is 0 Å². The smallest absolute Gasteiger partial charge is 0.283 e. The fourth-order valence-corrected chi connectivity index (χ4v) is 4.81. The first-order valence-corrected chi connectivity index (χ1v) is 11.7. The maximum absolute atomic E-state index is 12.7. The van der Waals surface area contributed by atoms with Crippen molar-refractivity contribution in [1.82, 2.24) is 9.47 Å². The zero-order valence-corrected chi connectivity index (χ0v) is 19.4. The molecule has 166 valence electrons. The number of aryl methyl sites for hydroxylation is 2. The Kier molecular flexibility index (Phi) is 5.64. The molecule has 2 aliphatic rings. The third-order valence-corrected chi connectivity index (χ3v) is 6.54. The van der Waals surface area contributed by atoms with Crippen LogP contribution in [0.3, 0.4) is 0 Å². The van der Waals surface area contributed by atoms with Crippen LogP contribution in [0.15, 0.2) is 76.4 Å². The molecule has 0 aliphatic carbocycles. The van der Waals surface area contributed by atoms with Crippen LogP contribution in [0.25, 0.3) is 17.0 Å². The molecule has 1 N–H and O–H groups in total. The van der Waals surface area contributed by atoms with Crippen molar-refractivity contribution in [2.24, 2.45) is 4.99 Å². The quantitative estimate of drug-likeness (QED) is 0.388. The first-order valence-electron chi connectivity index (χ1n) is 10.9. The van der Waals surface area contributed by atoms with Crippen LogP contribution in [-0.2, 0) is 11.3 Å². The van der Waals surface area contributed by atoms with E-state index >= 15 is 0 Å². The van der Waals surface area contributed by atoms with Crippen molar-refractivity contribution < 1.29 is 9.53 Å². The highest BCUT2D eigenvalue weighted by atomic mass is 32.2. The molecule has 0 atom stereocenters. The molecule has 0 spiro atoms. The largest absolute Gasteiger partial charge is 0.494 e. The molecule has 7 heteroatoms. The van der Waals surface area contributed by atoms with E-state index in [2.05, 4.69) is 22.5 Å². The second-order valence-corrected chi connectivity index (χ2v) is 9.34. The molecular formula is C26H24N4O2S. The number of para-hydroxylation sites is 1. The summed E-state index contributed by atoms with van der Waals surface area (Å²) < 4.78 is 8.06. The lowest BCUT2D eigenvalue weighted by Crippen LogP contribution is -2.35. The molecule has 0 saturated heterocycles. The van der Waals surface area contributed by atoms with Gasteiger partial charge in [0.25, 0.3) is 5.91 Å². The number of carbonyl (C=O) groups excluding carboxylic acids is 1. The summed E-state index contributed by atoms with van der Waals surface area (Å²) in [5.41, 5.74) is 3.51. The van der Waals surface area contributed by atoms with Crippen molar-refractivity contribution in [3.05, 3.63) is 82.5 Å². The Morgan fingerprint density at radius 2 is 1.91 bits per heavy atom. The van der Waals surface area contributed by atoms with Crippen molar-refractivity contribution in [3.63, 3.8) is 0 Å². The lowest BCUT2D eigenvalue weighted by atomic mass is 10.1. The first kappa shape index (κ1) is 21.3. The fourth-order valence-electron chi connectivity index (χ4n) is 3.99. The minimum absolute atomic E-state index is 0.165. The third-order valence-electron chi connectivity index (χ3n) is 5.65. The monoisotopic (exact) mass is 456 g/mol. The van der Waals surface area contributed by atoms with Gasteiger partial charge in [-0.15, -0.1) is 0 Å². The molecule has 2 aliphatic heterocycles. The molecule has 3 aromatic rings. The number of amides is 1. The summed E-state index contributed by atoms with van der Waals surface area (Å²) in [6, 6.07) is 16.2. The van der Waals surface area contributed by atoms with Crippen LogP contribution in [0.4, 0.5) is 0 Å². The summed E-state index contributed by atoms with van der Waals surface area (Å²) in [5.74, 6) is 0.671. The summed E-state index contributed by atoms with van der Waals surface area (Å²) in [6.07, 6.45) is 6.53. The van der Waals surface area contributed by atoms with Crippen molar-refractivity contribution in [2.45, 2.75) is 26.8 Å². The number of aliphatic imine (C=N–C) groups is 1. The number of allylic oxidation sites excluding steroid dienone is 1. The molecule has 0 fully saturated rings. The second-order valence-electron chi connectivity index (χ2n) is 8.13. The van der Waals surface area contributed by atoms with Gasteiger partial charge in [-0.2, -0.15) is 4.99 Å². The van der Waals surface area contributed by atoms with Gasteiger partial charge in [0.1, 0.15) is 11.6 Å². The van der Waals surface area contributed by atoms with Crippen LogP contribution >= 0.6 is 11.8 Å². The number of hydrogen-bond acceptors (Lipinski definition) is 4. The van der Waals surface area contributed by atoms with Crippen LogP contribution in [-0.4, -0.2) is 33.0 Å². The van der Waals surface area contributed by atoms with E-state index in [0.717, 1.165) is 40.1 Å². The minimum atomic E-state index is -0.370. The van der Waals surface area contributed by atoms with E-state index in [4.69, 9.17) is 10.1 Å². The minimum Gasteiger partial charge on any atom is -0.494 e. The summed E-state index contributed by atoms with van der Waals surface area (Å²) in [7, 11) is 0. The fraction of sp³-hybridized carbons (Fsp3) is 0.192. The number of ether oxygens (including phenoxy) is 1. The second kappa shape index (κ2) is 8.75. The van der Waals surface area contributed by atoms with E-state index in [0.29, 0.717) is 17.3 Å². The number of hydrogen-bond donors (Lipinski definition) is 1. The highest BCUT2D eigenvalue weighted by Gasteiger charge is 2.33. The average molecular weight is 457 g/mol. The predicted octanol–water partition coefficient (Wildman–Crippen LogP) is 5.59. The van der Waals surface area contributed by atoms with Crippen LogP contribution in [0.2, 0.25) is 0 Å². The molecule has 3 heterocycles. The number of nitrogens with one attached hydrogen (secondary N) is 1. The van der Waals surface area contributed by atoms with Crippen LogP contribution in [0, 0.1) is 12.3 Å². The number of rotatable bonds is 6. The number of benzene rings is 2. The van der Waals surface area contributed by atoms with Gasteiger partial charge in [-0.3, -0.25) is 15.1 Å². The lowest BCUT2D eigenvalue weighted by molar-refractivity contribution is -0.114. The van der Waals surface area contributed by atoms with Crippen LogP contribution < -0.4 is 4.74 Å². The average Bonchev–Trinajstić information content (AvgIpc) is 3.35. The van der Waals surface area contributed by atoms with E-state index in [9.17, 15) is 4.79 Å². The first-order chi connectivity index (χ1) is 16.0. The van der Waals surface area contributed by atoms with Crippen LogP contribution in [0.1, 0.15) is 24.5 Å². The maximum atomic E-state index is 12.7. The Hall–Kier alpha value is -3.58. The molecule has 6 nitrogen and oxygen atoms in total. The van der Waals surface area contributed by atoms with Gasteiger partial charge >= 0.3 is 0 Å². The van der Waals surface area contributed by atoms with E-state index in [1.54, 1.807) is 11.0 Å². The number of fused-ring (bicyclic) bond motifs is 2. The molecule has 0 radical (unpaired) electrons. The number of thioether (sulfide) groups is 1. The molecule has 1 aromatic heterocycles. The Morgan fingerprint density at radius 1 is 1.12 bits per heavy atom. The van der Waals surface area contributed by atoms with Gasteiger partial charge in [-0.1, -0.05) is 47.7 Å². The number of nitrogens with zero attached hydrogens (tertiary/aromatic N) is 3. The van der Waals surface area contributed by atoms with Gasteiger partial charge in [0.2, 0.25) is 0 Å². The van der Waals surface area contributed by atoms with Gasteiger partial charge in [-0.05, 0) is 44.5 Å². The van der Waals surface area contributed by atoms with Crippen molar-refractivity contribution in [2.75, 3.05) is 6.61 Å². The molecule has 5 rings (SSSR count). The highest BCUT2D eigenvalue weighted by Crippen LogP contribution is 2.33. The normalized spacial score (nSPS) is 16.9. The molecule has 0 unspecified atom stereocenters. The van der Waals surface area contributed by atoms with E-state index in [-0.39, 0.29) is 11.7 Å². The highest BCUT2D eigenvalue weighted by molar-refractivity contribution is 8.17. The van der Waals surface area contributed by atoms with Crippen molar-refractivity contribution >= 4 is 45.7 Å². The van der Waals surface area contributed by atoms with Gasteiger partial charge in [0.05, 0.1) is 12.2 Å². The summed E-state index contributed by atoms with van der Waals surface area (Å²) in [5, 5.41) is 10.2. The van der Waals surface area contributed by atoms with Crippen molar-refractivity contribution in [3.8, 4) is 5.75 Å². The van der Waals surface area contributed by atoms with Gasteiger partial charge in [0, 0.05) is 40.3 Å². The van der Waals surface area contributed by atoms with E-state index in [1.807, 2.05) is 61.8 Å². The lowest BCUT2D eigenvalue weighted by Gasteiger charge is -2.22. The van der Waals surface area contributed by atoms with E-state index in [1.165, 1.54) is 17.3 Å². The summed E-state index contributed by atoms with van der Waals surface area (Å²) in [4.78, 5) is 19.6. The predicted molar refractivity (Wildman–Crippen MR) is 135 cm³/mol. The summed E-state index contributed by atoms with van der Waals surface area (Å²) >= 11 is 1.41. The van der Waals surface area contributed by atoms with Crippen LogP contribution in [0.5, 0.6) is 5.75 Å². The maximum Gasteiger partial charge on any atom is 0.283 e. The molecule has 0 bridgehead atoms. The zero-order chi connectivity index (χ0) is 22.9. The topological polar surface area (TPSA) is 70.7 Å². The Labute approximate surface area is 196 Å². The molecule has 1 amide bonds. The summed E-state index contributed by atoms with van der Waals surface area (Å²) in [6.45, 7) is 5.41. The van der Waals surface area contributed by atoms with Gasteiger partial charge < -0.3 is 9.30 Å². The number of amidine groups is 2. The zero-order valence-electron chi connectivity index (χ0n) is 18.5. The molecule has 0 saturated carbocycles. The molecular weight excluding hydrogens is 432 g/mol. The standard InChI is InChI=1S/C26H24N4O2S/c1-17-8-10-20(11-9-17)32-13-5-12-29-16-19(21-6-3-4-7-23(21)29)14-22-24(27)30-15-18(2)33-26(30)28-25(22)31/h3-4,6-11,14-16,27H,5,12-13H2,1-2H3. The Bertz CT molecular complexity index is 1350.